The molecule has 0 radical (unpaired) electrons. The lowest BCUT2D eigenvalue weighted by atomic mass is 10.1. The first-order valence-corrected chi connectivity index (χ1v) is 10.4. The van der Waals surface area contributed by atoms with Crippen molar-refractivity contribution in [3.8, 4) is 6.07 Å². The molecular weight excluding hydrogens is 378 g/mol. The lowest BCUT2D eigenvalue weighted by Crippen LogP contribution is -2.51. The van der Waals surface area contributed by atoms with Gasteiger partial charge in [0.05, 0.1) is 17.6 Å². The van der Waals surface area contributed by atoms with Crippen LogP contribution in [0.1, 0.15) is 24.5 Å². The Bertz CT molecular complexity index is 974. The van der Waals surface area contributed by atoms with Gasteiger partial charge in [-0.25, -0.2) is 4.98 Å². The van der Waals surface area contributed by atoms with Crippen LogP contribution in [0.5, 0.6) is 0 Å². The lowest BCUT2D eigenvalue weighted by Gasteiger charge is -2.36. The highest BCUT2D eigenvalue weighted by molar-refractivity contribution is 6.00. The maximum absolute atomic E-state index is 13.0. The van der Waals surface area contributed by atoms with E-state index in [4.69, 9.17) is 5.26 Å². The Kier molecular flexibility index (Phi) is 5.66. The van der Waals surface area contributed by atoms with E-state index in [1.807, 2.05) is 29.2 Å². The molecule has 2 aliphatic heterocycles. The number of anilines is 2. The van der Waals surface area contributed by atoms with Crippen LogP contribution in [0.3, 0.4) is 0 Å². The first kappa shape index (κ1) is 19.9. The first-order valence-electron chi connectivity index (χ1n) is 10.4. The summed E-state index contributed by atoms with van der Waals surface area (Å²) in [5.41, 5.74) is 2.67. The minimum absolute atomic E-state index is 0.00810. The number of benzene rings is 1. The summed E-state index contributed by atoms with van der Waals surface area (Å²) in [4.78, 5) is 35.6. The molecule has 2 saturated heterocycles. The Morgan fingerprint density at radius 1 is 1.17 bits per heavy atom. The molecule has 7 heteroatoms. The SMILES string of the molecule is CCc1ccc(N2CC(C(=O)N3CCN(c4cc(C#N)ccn4)CC3)CC2=O)cc1. The Balaban J connectivity index is 1.36. The second-order valence-corrected chi connectivity index (χ2v) is 7.75. The van der Waals surface area contributed by atoms with E-state index in [-0.39, 0.29) is 24.2 Å². The van der Waals surface area contributed by atoms with Crippen molar-refractivity contribution >= 4 is 23.3 Å². The van der Waals surface area contributed by atoms with E-state index in [1.54, 1.807) is 23.2 Å². The summed E-state index contributed by atoms with van der Waals surface area (Å²) in [6.45, 7) is 5.04. The fraction of sp³-hybridized carbons (Fsp3) is 0.391. The van der Waals surface area contributed by atoms with Gasteiger partial charge in [-0.3, -0.25) is 9.59 Å². The molecule has 1 aromatic heterocycles. The molecule has 0 aliphatic carbocycles. The predicted molar refractivity (Wildman–Crippen MR) is 114 cm³/mol. The van der Waals surface area contributed by atoms with Gasteiger partial charge in [0.2, 0.25) is 11.8 Å². The van der Waals surface area contributed by atoms with Gasteiger partial charge in [0, 0.05) is 51.0 Å². The van der Waals surface area contributed by atoms with Crippen LogP contribution in [0.2, 0.25) is 0 Å². The van der Waals surface area contributed by atoms with Crippen LogP contribution in [0.15, 0.2) is 42.6 Å². The van der Waals surface area contributed by atoms with Gasteiger partial charge in [0.1, 0.15) is 5.82 Å². The first-order chi connectivity index (χ1) is 14.6. The highest BCUT2D eigenvalue weighted by Crippen LogP contribution is 2.27. The zero-order valence-corrected chi connectivity index (χ0v) is 17.1. The number of carbonyl (C=O) groups is 2. The monoisotopic (exact) mass is 403 g/mol. The minimum atomic E-state index is -0.296. The number of hydrogen-bond donors (Lipinski definition) is 0. The Labute approximate surface area is 176 Å². The molecule has 1 aromatic carbocycles. The molecule has 0 spiro atoms. The molecule has 1 unspecified atom stereocenters. The van der Waals surface area contributed by atoms with Crippen molar-refractivity contribution < 1.29 is 9.59 Å². The van der Waals surface area contributed by atoms with E-state index in [0.717, 1.165) is 17.9 Å². The summed E-state index contributed by atoms with van der Waals surface area (Å²) in [5.74, 6) is 0.525. The summed E-state index contributed by atoms with van der Waals surface area (Å²) < 4.78 is 0. The van der Waals surface area contributed by atoms with Crippen LogP contribution in [0.4, 0.5) is 11.5 Å². The average molecular weight is 403 g/mol. The second-order valence-electron chi connectivity index (χ2n) is 7.75. The van der Waals surface area contributed by atoms with Crippen LogP contribution in [0, 0.1) is 17.2 Å². The number of nitriles is 1. The molecule has 2 amide bonds. The fourth-order valence-electron chi connectivity index (χ4n) is 4.11. The van der Waals surface area contributed by atoms with Gasteiger partial charge in [0.25, 0.3) is 0 Å². The van der Waals surface area contributed by atoms with Crippen molar-refractivity contribution in [3.63, 3.8) is 0 Å². The van der Waals surface area contributed by atoms with Crippen LogP contribution < -0.4 is 9.80 Å². The summed E-state index contributed by atoms with van der Waals surface area (Å²) in [6, 6.07) is 13.6. The third-order valence-electron chi connectivity index (χ3n) is 5.92. The maximum atomic E-state index is 13.0. The molecule has 2 fully saturated rings. The van der Waals surface area contributed by atoms with Gasteiger partial charge < -0.3 is 14.7 Å². The fourth-order valence-corrected chi connectivity index (χ4v) is 4.11. The lowest BCUT2D eigenvalue weighted by molar-refractivity contribution is -0.136. The number of aryl methyl sites for hydroxylation is 1. The molecule has 2 aliphatic rings. The number of pyridine rings is 1. The number of carbonyl (C=O) groups excluding carboxylic acids is 2. The van der Waals surface area contributed by atoms with Crippen LogP contribution >= 0.6 is 0 Å². The van der Waals surface area contributed by atoms with E-state index in [2.05, 4.69) is 22.9 Å². The molecule has 0 bridgehead atoms. The Morgan fingerprint density at radius 2 is 1.90 bits per heavy atom. The molecule has 7 nitrogen and oxygen atoms in total. The molecular formula is C23H25N5O2. The number of rotatable bonds is 4. The Hall–Kier alpha value is -3.40. The van der Waals surface area contributed by atoms with Crippen molar-refractivity contribution in [1.29, 1.82) is 5.26 Å². The standard InChI is InChI=1S/C23H25N5O2/c1-2-17-3-5-20(6-4-17)28-16-19(14-22(28)29)23(30)27-11-9-26(10-12-27)21-13-18(15-24)7-8-25-21/h3-8,13,19H,2,9-12,14,16H2,1H3. The van der Waals surface area contributed by atoms with Crippen molar-refractivity contribution in [1.82, 2.24) is 9.88 Å². The molecule has 0 saturated carbocycles. The summed E-state index contributed by atoms with van der Waals surface area (Å²) in [6.07, 6.45) is 2.86. The summed E-state index contributed by atoms with van der Waals surface area (Å²) >= 11 is 0. The summed E-state index contributed by atoms with van der Waals surface area (Å²) in [7, 11) is 0. The molecule has 4 rings (SSSR count). The van der Waals surface area contributed by atoms with Crippen molar-refractivity contribution in [2.45, 2.75) is 19.8 Å². The zero-order valence-electron chi connectivity index (χ0n) is 17.1. The van der Waals surface area contributed by atoms with Crippen molar-refractivity contribution in [2.75, 3.05) is 42.5 Å². The van der Waals surface area contributed by atoms with Gasteiger partial charge in [-0.2, -0.15) is 5.26 Å². The van der Waals surface area contributed by atoms with Gasteiger partial charge >= 0.3 is 0 Å². The van der Waals surface area contributed by atoms with E-state index in [0.29, 0.717) is 38.3 Å². The second kappa shape index (κ2) is 8.54. The van der Waals surface area contributed by atoms with E-state index >= 15 is 0 Å². The normalized spacial score (nSPS) is 19.1. The largest absolute Gasteiger partial charge is 0.353 e. The molecule has 2 aromatic rings. The maximum Gasteiger partial charge on any atom is 0.228 e. The number of amides is 2. The molecule has 1 atom stereocenters. The predicted octanol–water partition coefficient (Wildman–Crippen LogP) is 2.22. The highest BCUT2D eigenvalue weighted by atomic mass is 16.2. The topological polar surface area (TPSA) is 80.5 Å². The van der Waals surface area contributed by atoms with Crippen molar-refractivity contribution in [2.24, 2.45) is 5.92 Å². The van der Waals surface area contributed by atoms with Crippen molar-refractivity contribution in [3.05, 3.63) is 53.7 Å². The molecule has 3 heterocycles. The van der Waals surface area contributed by atoms with Crippen LogP contribution in [-0.2, 0) is 16.0 Å². The molecule has 154 valence electrons. The van der Waals surface area contributed by atoms with Crippen LogP contribution in [-0.4, -0.2) is 54.4 Å². The van der Waals surface area contributed by atoms with Gasteiger partial charge in [0.15, 0.2) is 0 Å². The third kappa shape index (κ3) is 3.99. The number of hydrogen-bond acceptors (Lipinski definition) is 5. The van der Waals surface area contributed by atoms with E-state index in [9.17, 15) is 9.59 Å². The van der Waals surface area contributed by atoms with E-state index < -0.39 is 0 Å². The van der Waals surface area contributed by atoms with E-state index in [1.165, 1.54) is 5.56 Å². The quantitative estimate of drug-likeness (QED) is 0.782. The highest BCUT2D eigenvalue weighted by Gasteiger charge is 2.38. The Morgan fingerprint density at radius 3 is 2.57 bits per heavy atom. The molecule has 30 heavy (non-hydrogen) atoms. The zero-order chi connectivity index (χ0) is 21.1. The smallest absolute Gasteiger partial charge is 0.228 e. The van der Waals surface area contributed by atoms with Crippen LogP contribution in [0.25, 0.3) is 0 Å². The van der Waals surface area contributed by atoms with Gasteiger partial charge in [-0.1, -0.05) is 19.1 Å². The summed E-state index contributed by atoms with van der Waals surface area (Å²) in [5, 5.41) is 9.07. The number of aromatic nitrogens is 1. The number of piperazine rings is 1. The van der Waals surface area contributed by atoms with Gasteiger partial charge in [-0.05, 0) is 36.2 Å². The third-order valence-corrected chi connectivity index (χ3v) is 5.92. The molecule has 0 N–H and O–H groups in total. The minimum Gasteiger partial charge on any atom is -0.353 e. The number of nitrogens with zero attached hydrogens (tertiary/aromatic N) is 5. The van der Waals surface area contributed by atoms with Gasteiger partial charge in [-0.15, -0.1) is 0 Å². The average Bonchev–Trinajstić information content (AvgIpc) is 3.20.